The molecule has 15 rings (SSSR count). The van der Waals surface area contributed by atoms with Crippen LogP contribution in [0.5, 0.6) is 0 Å². The zero-order valence-corrected chi connectivity index (χ0v) is 39.1. The van der Waals surface area contributed by atoms with Gasteiger partial charge in [-0.15, -0.1) is 0 Å². The maximum absolute atomic E-state index is 2.78. The average Bonchev–Trinajstić information content (AvgIpc) is 4.00. The van der Waals surface area contributed by atoms with Crippen molar-refractivity contribution in [1.29, 1.82) is 0 Å². The smallest absolute Gasteiger partial charge is 0.333 e. The number of benzene rings is 9. The summed E-state index contributed by atoms with van der Waals surface area (Å²) in [6.07, 6.45) is 2.34. The third-order valence-corrected chi connectivity index (χ3v) is 16.5. The topological polar surface area (TPSA) is 15.8 Å². The second kappa shape index (κ2) is 13.2. The van der Waals surface area contributed by atoms with Crippen LogP contribution in [0, 0.1) is 6.92 Å². The van der Waals surface area contributed by atoms with Gasteiger partial charge in [0.15, 0.2) is 0 Å². The number of hydrogen-bond acceptors (Lipinski definition) is 2. The van der Waals surface area contributed by atoms with Crippen LogP contribution < -0.4 is 20.6 Å². The van der Waals surface area contributed by atoms with Gasteiger partial charge in [-0.2, -0.15) is 0 Å². The van der Waals surface area contributed by atoms with Crippen LogP contribution in [0.2, 0.25) is 0 Å². The maximum atomic E-state index is 2.78. The van der Waals surface area contributed by atoms with Crippen molar-refractivity contribution in [2.45, 2.75) is 58.3 Å². The highest BCUT2D eigenvalue weighted by molar-refractivity contribution is 6.93. The monoisotopic (exact) mass is 872 g/mol. The summed E-state index contributed by atoms with van der Waals surface area (Å²) < 4.78 is 5.16. The first-order valence-corrected chi connectivity index (χ1v) is 24.4. The van der Waals surface area contributed by atoms with E-state index < -0.39 is 0 Å². The Bertz CT molecular complexity index is 4080. The average molecular weight is 873 g/mol. The van der Waals surface area contributed by atoms with Crippen LogP contribution in [-0.2, 0) is 10.8 Å². The fraction of sp³-hybridized carbons (Fsp3) is 0.143. The minimum Gasteiger partial charge on any atom is -0.376 e. The molecule has 0 unspecified atom stereocenters. The highest BCUT2D eigenvalue weighted by atomic mass is 15.2. The van der Waals surface area contributed by atoms with Crippen LogP contribution >= 0.6 is 0 Å². The normalized spacial score (nSPS) is 15.5. The summed E-state index contributed by atoms with van der Waals surface area (Å²) in [6, 6.07) is 69.1. The van der Waals surface area contributed by atoms with E-state index in [0.29, 0.717) is 0 Å². The molecule has 0 saturated carbocycles. The summed E-state index contributed by atoms with van der Waals surface area (Å²) in [5.41, 5.74) is 23.1. The number of fused-ring (bicyclic) bond motifs is 14. The predicted molar refractivity (Wildman–Crippen MR) is 289 cm³/mol. The van der Waals surface area contributed by atoms with E-state index in [1.807, 2.05) is 0 Å². The Balaban J connectivity index is 1.14. The van der Waals surface area contributed by atoms with Crippen molar-refractivity contribution in [2.75, 3.05) is 9.71 Å². The minimum absolute atomic E-state index is 0.0382. The van der Waals surface area contributed by atoms with Gasteiger partial charge in [0.1, 0.15) is 0 Å². The number of aromatic nitrogens is 2. The van der Waals surface area contributed by atoms with E-state index in [4.69, 9.17) is 0 Å². The summed E-state index contributed by atoms with van der Waals surface area (Å²) in [6.45, 7) is 12.1. The van der Waals surface area contributed by atoms with Crippen molar-refractivity contribution in [2.24, 2.45) is 0 Å². The molecule has 1 aliphatic carbocycles. The minimum atomic E-state index is -0.108. The van der Waals surface area contributed by atoms with Crippen LogP contribution in [0.4, 0.5) is 28.4 Å². The van der Waals surface area contributed by atoms with Gasteiger partial charge in [-0.3, -0.25) is 0 Å². The Hall–Kier alpha value is -7.76. The Morgan fingerprint density at radius 2 is 1.01 bits per heavy atom. The molecule has 3 aromatic heterocycles. The van der Waals surface area contributed by atoms with Crippen molar-refractivity contribution in [3.63, 3.8) is 0 Å². The SMILES string of the molecule is Cc1cc2c(cc1N1B3c4c(cc(N(c5ccccc5)c5ccccc5)cc4-n4c5ccccc5c5cccc3c54)-c3cc4c5cccc6c7ccccc7n(c4cc31)c65)C(C)(C)CCC2(C)C. The Morgan fingerprint density at radius 1 is 0.441 bits per heavy atom. The molecule has 68 heavy (non-hydrogen) atoms. The van der Waals surface area contributed by atoms with Crippen molar-refractivity contribution in [1.82, 2.24) is 8.97 Å². The van der Waals surface area contributed by atoms with E-state index in [1.54, 1.807) is 0 Å². The number of hydrogen-bond donors (Lipinski definition) is 0. The van der Waals surface area contributed by atoms with E-state index >= 15 is 0 Å². The fourth-order valence-corrected chi connectivity index (χ4v) is 13.2. The molecule has 9 aromatic carbocycles. The maximum Gasteiger partial charge on any atom is 0.333 e. The quantitative estimate of drug-likeness (QED) is 0.164. The lowest BCUT2D eigenvalue weighted by Gasteiger charge is -2.46. The molecular weight excluding hydrogens is 824 g/mol. The highest BCUT2D eigenvalue weighted by Crippen LogP contribution is 2.53. The van der Waals surface area contributed by atoms with Crippen LogP contribution in [0.3, 0.4) is 0 Å². The van der Waals surface area contributed by atoms with Gasteiger partial charge in [-0.1, -0.05) is 143 Å². The van der Waals surface area contributed by atoms with Gasteiger partial charge in [0.05, 0.1) is 27.6 Å². The number of rotatable bonds is 4. The standard InChI is InChI=1S/C63H49BN4/c1-38-32-50-51(63(4,5)31-30-62(50,2)3)36-55(38)68-57-37-56-47(46-25-16-24-44-42-22-12-14-28-53(42)66(56)60(44)46)35-48(57)49-33-41(65(39-18-8-6-9-19-39)40-20-10-7-11-21-40)34-58-59(49)64(68)52-27-17-26-45-43-23-13-15-29-54(43)67(58)61(45)52/h6-29,32-37H,30-31H2,1-5H3. The third kappa shape index (κ3) is 4.91. The molecule has 4 nitrogen and oxygen atoms in total. The second-order valence-corrected chi connectivity index (χ2v) is 21.2. The van der Waals surface area contributed by atoms with Gasteiger partial charge in [-0.05, 0) is 131 Å². The van der Waals surface area contributed by atoms with Gasteiger partial charge in [0.2, 0.25) is 0 Å². The first-order valence-electron chi connectivity index (χ1n) is 24.4. The van der Waals surface area contributed by atoms with Gasteiger partial charge in [-0.25, -0.2) is 0 Å². The lowest BCUT2D eigenvalue weighted by atomic mass is 9.43. The summed E-state index contributed by atoms with van der Waals surface area (Å²) in [7, 11) is 0. The number of aryl methyl sites for hydroxylation is 1. The molecule has 3 aliphatic rings. The van der Waals surface area contributed by atoms with Crippen molar-refractivity contribution in [3.8, 4) is 16.8 Å². The number of para-hydroxylation sites is 6. The van der Waals surface area contributed by atoms with E-state index in [9.17, 15) is 0 Å². The number of nitrogens with zero attached hydrogens (tertiary/aromatic N) is 4. The van der Waals surface area contributed by atoms with Crippen molar-refractivity contribution >= 4 is 106 Å². The zero-order chi connectivity index (χ0) is 45.4. The van der Waals surface area contributed by atoms with Gasteiger partial charge < -0.3 is 18.7 Å². The molecule has 0 bridgehead atoms. The molecule has 5 heteroatoms. The molecule has 0 fully saturated rings. The van der Waals surface area contributed by atoms with Crippen LogP contribution in [0.25, 0.3) is 76.7 Å². The molecule has 12 aromatic rings. The molecule has 0 N–H and O–H groups in total. The molecule has 0 amide bonds. The Labute approximate surface area is 396 Å². The molecule has 0 atom stereocenters. The summed E-state index contributed by atoms with van der Waals surface area (Å²) in [4.78, 5) is 5.23. The zero-order valence-electron chi connectivity index (χ0n) is 39.1. The molecule has 2 aliphatic heterocycles. The lowest BCUT2D eigenvalue weighted by Crippen LogP contribution is -2.60. The summed E-state index contributed by atoms with van der Waals surface area (Å²) in [5, 5.41) is 7.75. The number of anilines is 5. The molecule has 0 saturated heterocycles. The van der Waals surface area contributed by atoms with Crippen LogP contribution in [0.15, 0.2) is 182 Å². The second-order valence-electron chi connectivity index (χ2n) is 21.2. The summed E-state index contributed by atoms with van der Waals surface area (Å²) >= 11 is 0. The first-order chi connectivity index (χ1) is 33.2. The molecule has 324 valence electrons. The molecule has 0 radical (unpaired) electrons. The van der Waals surface area contributed by atoms with Gasteiger partial charge in [0, 0.05) is 72.0 Å². The van der Waals surface area contributed by atoms with Gasteiger partial charge in [0.25, 0.3) is 0 Å². The van der Waals surface area contributed by atoms with Crippen LogP contribution in [0.1, 0.15) is 57.2 Å². The molecule has 5 heterocycles. The lowest BCUT2D eigenvalue weighted by molar-refractivity contribution is 0.332. The van der Waals surface area contributed by atoms with Crippen molar-refractivity contribution in [3.05, 3.63) is 199 Å². The first kappa shape index (κ1) is 38.4. The third-order valence-electron chi connectivity index (χ3n) is 16.5. The van der Waals surface area contributed by atoms with E-state index in [1.165, 1.54) is 122 Å². The van der Waals surface area contributed by atoms with Crippen LogP contribution in [-0.4, -0.2) is 15.8 Å². The van der Waals surface area contributed by atoms with E-state index in [2.05, 4.69) is 235 Å². The Morgan fingerprint density at radius 3 is 1.72 bits per heavy atom. The molecule has 0 spiro atoms. The largest absolute Gasteiger partial charge is 0.376 e. The Kier molecular flexibility index (Phi) is 7.46. The highest BCUT2D eigenvalue weighted by Gasteiger charge is 2.46. The van der Waals surface area contributed by atoms with Crippen molar-refractivity contribution < 1.29 is 0 Å². The van der Waals surface area contributed by atoms with E-state index in [0.717, 1.165) is 23.5 Å². The fourth-order valence-electron chi connectivity index (χ4n) is 13.2. The summed E-state index contributed by atoms with van der Waals surface area (Å²) in [5.74, 6) is 0. The van der Waals surface area contributed by atoms with Gasteiger partial charge >= 0.3 is 6.85 Å². The predicted octanol–water partition coefficient (Wildman–Crippen LogP) is 15.3. The molecular formula is C63H49BN4. The van der Waals surface area contributed by atoms with E-state index in [-0.39, 0.29) is 17.7 Å².